The molecule has 1 aromatic rings. The monoisotopic (exact) mass is 355 g/mol. The molecule has 1 aliphatic carbocycles. The van der Waals surface area contributed by atoms with Crippen LogP contribution in [0.25, 0.3) is 0 Å². The summed E-state index contributed by atoms with van der Waals surface area (Å²) in [6.07, 6.45) is 9.11. The van der Waals surface area contributed by atoms with Crippen LogP contribution in [0.4, 0.5) is 0 Å². The highest BCUT2D eigenvalue weighted by Crippen LogP contribution is 2.41. The molecule has 1 aromatic carbocycles. The van der Waals surface area contributed by atoms with Crippen LogP contribution in [-0.2, 0) is 0 Å². The molecule has 0 aliphatic heterocycles. The lowest BCUT2D eigenvalue weighted by Gasteiger charge is -2.22. The minimum Gasteiger partial charge on any atom is -0.495 e. The molecule has 1 atom stereocenters. The van der Waals surface area contributed by atoms with Crippen molar-refractivity contribution in [1.29, 1.82) is 0 Å². The summed E-state index contributed by atoms with van der Waals surface area (Å²) in [4.78, 5) is 0. The zero-order valence-corrected chi connectivity index (χ0v) is 14.6. The molecule has 1 aliphatic rings. The van der Waals surface area contributed by atoms with Crippen molar-refractivity contribution in [3.8, 4) is 11.5 Å². The van der Waals surface area contributed by atoms with Crippen molar-refractivity contribution in [2.45, 2.75) is 51.0 Å². The molecule has 0 radical (unpaired) electrons. The number of halogens is 1. The van der Waals surface area contributed by atoms with Gasteiger partial charge >= 0.3 is 0 Å². The fourth-order valence-electron chi connectivity index (χ4n) is 3.30. The first-order valence-corrected chi connectivity index (χ1v) is 8.62. The summed E-state index contributed by atoms with van der Waals surface area (Å²) in [6.45, 7) is 0. The van der Waals surface area contributed by atoms with E-state index < -0.39 is 0 Å². The number of methoxy groups -OCH3 is 2. The van der Waals surface area contributed by atoms with Gasteiger partial charge < -0.3 is 15.2 Å². The minimum absolute atomic E-state index is 0.0188. The fraction of sp³-hybridized carbons (Fsp3) is 0.647. The topological polar surface area (TPSA) is 44.5 Å². The molecule has 0 bridgehead atoms. The molecule has 2 rings (SSSR count). The molecule has 0 amide bonds. The molecular formula is C17H26BrNO2. The van der Waals surface area contributed by atoms with Crippen LogP contribution in [0.15, 0.2) is 16.6 Å². The highest BCUT2D eigenvalue weighted by Gasteiger charge is 2.21. The van der Waals surface area contributed by atoms with Gasteiger partial charge in [-0.15, -0.1) is 0 Å². The van der Waals surface area contributed by atoms with Gasteiger partial charge in [0.25, 0.3) is 0 Å². The van der Waals surface area contributed by atoms with Crippen LogP contribution in [-0.4, -0.2) is 14.2 Å². The molecule has 3 nitrogen and oxygen atoms in total. The van der Waals surface area contributed by atoms with Crippen molar-refractivity contribution >= 4 is 15.9 Å². The summed E-state index contributed by atoms with van der Waals surface area (Å²) in [5.41, 5.74) is 7.54. The SMILES string of the molecule is COc1ccc(C(N)CC2CCCCCC2)c(OC)c1Br. The van der Waals surface area contributed by atoms with Crippen LogP contribution < -0.4 is 15.2 Å². The van der Waals surface area contributed by atoms with Crippen molar-refractivity contribution in [1.82, 2.24) is 0 Å². The van der Waals surface area contributed by atoms with Crippen molar-refractivity contribution in [2.75, 3.05) is 14.2 Å². The molecular weight excluding hydrogens is 330 g/mol. The summed E-state index contributed by atoms with van der Waals surface area (Å²) in [5.74, 6) is 2.32. The summed E-state index contributed by atoms with van der Waals surface area (Å²) in [7, 11) is 3.34. The number of rotatable bonds is 5. The van der Waals surface area contributed by atoms with E-state index >= 15 is 0 Å². The van der Waals surface area contributed by atoms with Gasteiger partial charge in [0, 0.05) is 11.6 Å². The summed E-state index contributed by atoms with van der Waals surface area (Å²) >= 11 is 3.55. The van der Waals surface area contributed by atoms with Gasteiger partial charge in [0.1, 0.15) is 16.0 Å². The summed E-state index contributed by atoms with van der Waals surface area (Å²) < 4.78 is 11.7. The highest BCUT2D eigenvalue weighted by atomic mass is 79.9. The first-order valence-electron chi connectivity index (χ1n) is 7.83. The van der Waals surface area contributed by atoms with E-state index in [1.807, 2.05) is 12.1 Å². The number of hydrogen-bond donors (Lipinski definition) is 1. The maximum absolute atomic E-state index is 6.47. The lowest BCUT2D eigenvalue weighted by molar-refractivity contribution is 0.365. The van der Waals surface area contributed by atoms with Gasteiger partial charge in [0.15, 0.2) is 0 Å². The first kappa shape index (κ1) is 16.6. The molecule has 1 fully saturated rings. The molecule has 1 saturated carbocycles. The third kappa shape index (κ3) is 4.13. The average Bonchev–Trinajstić information content (AvgIpc) is 2.75. The average molecular weight is 356 g/mol. The Hall–Kier alpha value is -0.740. The van der Waals surface area contributed by atoms with Crippen LogP contribution in [0, 0.1) is 5.92 Å². The lowest BCUT2D eigenvalue weighted by Crippen LogP contribution is -2.16. The van der Waals surface area contributed by atoms with E-state index in [0.29, 0.717) is 0 Å². The third-order valence-corrected chi connectivity index (χ3v) is 5.23. The Labute approximate surface area is 136 Å². The largest absolute Gasteiger partial charge is 0.495 e. The molecule has 118 valence electrons. The normalized spacial score (nSPS) is 18.1. The molecule has 0 saturated heterocycles. The van der Waals surface area contributed by atoms with Crippen LogP contribution in [0.1, 0.15) is 56.6 Å². The zero-order valence-electron chi connectivity index (χ0n) is 13.0. The Bertz CT molecular complexity index is 456. The molecule has 1 unspecified atom stereocenters. The van der Waals surface area contributed by atoms with Gasteiger partial charge in [-0.3, -0.25) is 0 Å². The van der Waals surface area contributed by atoms with Gasteiger partial charge in [0.2, 0.25) is 0 Å². The lowest BCUT2D eigenvalue weighted by atomic mass is 9.89. The summed E-state index contributed by atoms with van der Waals surface area (Å²) in [6, 6.07) is 4.00. The Morgan fingerprint density at radius 3 is 2.38 bits per heavy atom. The van der Waals surface area contributed by atoms with Crippen LogP contribution >= 0.6 is 15.9 Å². The number of nitrogens with two attached hydrogens (primary N) is 1. The van der Waals surface area contributed by atoms with E-state index in [0.717, 1.165) is 33.9 Å². The van der Waals surface area contributed by atoms with Crippen LogP contribution in [0.2, 0.25) is 0 Å². The molecule has 2 N–H and O–H groups in total. The summed E-state index contributed by atoms with van der Waals surface area (Å²) in [5, 5.41) is 0. The Kier molecular flexibility index (Phi) is 6.37. The molecule has 0 aromatic heterocycles. The van der Waals surface area contributed by atoms with Gasteiger partial charge in [-0.2, -0.15) is 0 Å². The highest BCUT2D eigenvalue weighted by molar-refractivity contribution is 9.10. The molecule has 21 heavy (non-hydrogen) atoms. The Balaban J connectivity index is 2.14. The first-order chi connectivity index (χ1) is 10.2. The van der Waals surface area contributed by atoms with Crippen LogP contribution in [0.5, 0.6) is 11.5 Å². The number of ether oxygens (including phenoxy) is 2. The Morgan fingerprint density at radius 2 is 1.81 bits per heavy atom. The van der Waals surface area contributed by atoms with Crippen LogP contribution in [0.3, 0.4) is 0 Å². The van der Waals surface area contributed by atoms with E-state index in [4.69, 9.17) is 15.2 Å². The van der Waals surface area contributed by atoms with E-state index in [1.165, 1.54) is 38.5 Å². The minimum atomic E-state index is 0.0188. The quantitative estimate of drug-likeness (QED) is 0.769. The second kappa shape index (κ2) is 8.04. The van der Waals surface area contributed by atoms with E-state index in [-0.39, 0.29) is 6.04 Å². The van der Waals surface area contributed by atoms with E-state index in [1.54, 1.807) is 14.2 Å². The standard InChI is InChI=1S/C17H26BrNO2/c1-20-15-10-9-13(17(21-2)16(15)18)14(19)11-12-7-5-3-4-6-8-12/h9-10,12,14H,3-8,11,19H2,1-2H3. The maximum atomic E-state index is 6.47. The molecule has 0 spiro atoms. The molecule has 0 heterocycles. The smallest absolute Gasteiger partial charge is 0.141 e. The van der Waals surface area contributed by atoms with Crippen molar-refractivity contribution < 1.29 is 9.47 Å². The fourth-order valence-corrected chi connectivity index (χ4v) is 3.98. The predicted molar refractivity (Wildman–Crippen MR) is 90.0 cm³/mol. The zero-order chi connectivity index (χ0) is 15.2. The Morgan fingerprint density at radius 1 is 1.14 bits per heavy atom. The maximum Gasteiger partial charge on any atom is 0.141 e. The van der Waals surface area contributed by atoms with Gasteiger partial charge in [0.05, 0.1) is 14.2 Å². The third-order valence-electron chi connectivity index (χ3n) is 4.48. The van der Waals surface area contributed by atoms with Crippen molar-refractivity contribution in [3.05, 3.63) is 22.2 Å². The van der Waals surface area contributed by atoms with Gasteiger partial charge in [-0.05, 0) is 40.4 Å². The predicted octanol–water partition coefficient (Wildman–Crippen LogP) is 4.83. The van der Waals surface area contributed by atoms with Gasteiger partial charge in [-0.1, -0.05) is 38.5 Å². The van der Waals surface area contributed by atoms with E-state index in [2.05, 4.69) is 15.9 Å². The molecule has 4 heteroatoms. The number of benzene rings is 1. The second-order valence-electron chi connectivity index (χ2n) is 5.90. The van der Waals surface area contributed by atoms with Gasteiger partial charge in [-0.25, -0.2) is 0 Å². The number of hydrogen-bond acceptors (Lipinski definition) is 3. The second-order valence-corrected chi connectivity index (χ2v) is 6.70. The van der Waals surface area contributed by atoms with Crippen molar-refractivity contribution in [2.24, 2.45) is 11.7 Å². The van der Waals surface area contributed by atoms with E-state index in [9.17, 15) is 0 Å². The van der Waals surface area contributed by atoms with Crippen molar-refractivity contribution in [3.63, 3.8) is 0 Å².